The number of nitrogens with zero attached hydrogens (tertiary/aromatic N) is 2. The van der Waals surface area contributed by atoms with Crippen molar-refractivity contribution in [2.45, 2.75) is 18.8 Å². The fraction of sp³-hybridized carbons (Fsp3) is 0.273. The van der Waals surface area contributed by atoms with Crippen LogP contribution in [0.25, 0.3) is 0 Å². The van der Waals surface area contributed by atoms with E-state index in [1.165, 1.54) is 17.0 Å². The Morgan fingerprint density at radius 1 is 1.25 bits per heavy atom. The van der Waals surface area contributed by atoms with Crippen LogP contribution in [0, 0.1) is 5.41 Å². The van der Waals surface area contributed by atoms with Crippen molar-refractivity contribution < 1.29 is 24.2 Å². The minimum absolute atomic E-state index is 0.107. The average Bonchev–Trinajstić information content (AvgIpc) is 3.07. The highest BCUT2D eigenvalue weighted by Crippen LogP contribution is 2.28. The molecule has 3 amide bonds. The van der Waals surface area contributed by atoms with Gasteiger partial charge >= 0.3 is 0 Å². The van der Waals surface area contributed by atoms with Gasteiger partial charge in [0.15, 0.2) is 12.2 Å². The second-order valence-electron chi connectivity index (χ2n) is 7.71. The number of carbonyl (C=O) groups is 3. The van der Waals surface area contributed by atoms with E-state index < -0.39 is 24.0 Å². The molecule has 10 heteroatoms. The predicted molar refractivity (Wildman–Crippen MR) is 116 cm³/mol. The Balaban J connectivity index is 1.47. The van der Waals surface area contributed by atoms with Crippen molar-refractivity contribution in [2.24, 2.45) is 5.73 Å². The van der Waals surface area contributed by atoms with Crippen molar-refractivity contribution in [1.29, 1.82) is 5.41 Å². The number of hydrogen-bond donors (Lipinski definition) is 4. The molecule has 2 aliphatic heterocycles. The topological polar surface area (TPSA) is 149 Å². The van der Waals surface area contributed by atoms with Gasteiger partial charge in [-0.3, -0.25) is 19.8 Å². The number of aliphatic hydroxyl groups is 1. The SMILES string of the molecule is CN1Cc2ccc(N3CCO[C@H](C(O)C(=O)Nc4ccc(C(=N)N)cc4)C3=O)cc2C1=O. The molecular weight excluding hydrogens is 414 g/mol. The molecule has 0 spiro atoms. The lowest BCUT2D eigenvalue weighted by molar-refractivity contribution is -0.150. The normalized spacial score (nSPS) is 19.0. The van der Waals surface area contributed by atoms with Crippen LogP contribution in [0.15, 0.2) is 42.5 Å². The molecule has 2 aliphatic rings. The minimum Gasteiger partial charge on any atom is -0.384 e. The standard InChI is InChI=1S/C22H23N5O5/c1-26-11-13-4-7-15(10-16(13)21(26)30)27-8-9-32-18(22(27)31)17(28)20(29)25-14-5-2-12(3-6-14)19(23)24/h2-7,10,17-18,28H,8-9,11H2,1H3,(H3,23,24)(H,25,29)/t17?,18-/m1/s1. The third kappa shape index (κ3) is 3.93. The molecule has 10 nitrogen and oxygen atoms in total. The molecule has 32 heavy (non-hydrogen) atoms. The molecule has 0 radical (unpaired) electrons. The highest BCUT2D eigenvalue weighted by Gasteiger charge is 2.40. The van der Waals surface area contributed by atoms with E-state index in [1.54, 1.807) is 42.3 Å². The van der Waals surface area contributed by atoms with E-state index in [0.29, 0.717) is 29.0 Å². The third-order valence-electron chi connectivity index (χ3n) is 5.53. The number of nitrogens with two attached hydrogens (primary N) is 1. The van der Waals surface area contributed by atoms with E-state index >= 15 is 0 Å². The Bertz CT molecular complexity index is 1100. The van der Waals surface area contributed by atoms with Gasteiger partial charge in [0.05, 0.1) is 6.61 Å². The molecule has 1 unspecified atom stereocenters. The Morgan fingerprint density at radius 3 is 2.66 bits per heavy atom. The van der Waals surface area contributed by atoms with Crippen molar-refractivity contribution in [3.8, 4) is 0 Å². The second-order valence-corrected chi connectivity index (χ2v) is 7.71. The van der Waals surface area contributed by atoms with Gasteiger partial charge in [0.2, 0.25) is 0 Å². The zero-order valence-electron chi connectivity index (χ0n) is 17.4. The van der Waals surface area contributed by atoms with Crippen LogP contribution in [-0.2, 0) is 20.9 Å². The lowest BCUT2D eigenvalue weighted by Gasteiger charge is -2.34. The number of benzene rings is 2. The number of ether oxygens (including phenoxy) is 1. The van der Waals surface area contributed by atoms with E-state index in [9.17, 15) is 19.5 Å². The van der Waals surface area contributed by atoms with Crippen LogP contribution in [0.4, 0.5) is 11.4 Å². The monoisotopic (exact) mass is 437 g/mol. The van der Waals surface area contributed by atoms with Crippen LogP contribution in [-0.4, -0.2) is 66.0 Å². The summed E-state index contributed by atoms with van der Waals surface area (Å²) < 4.78 is 5.42. The van der Waals surface area contributed by atoms with Gasteiger partial charge in [-0.2, -0.15) is 0 Å². The van der Waals surface area contributed by atoms with Gasteiger partial charge in [-0.25, -0.2) is 0 Å². The largest absolute Gasteiger partial charge is 0.384 e. The fourth-order valence-corrected chi connectivity index (χ4v) is 3.78. The lowest BCUT2D eigenvalue weighted by Crippen LogP contribution is -2.55. The van der Waals surface area contributed by atoms with Gasteiger partial charge < -0.3 is 30.7 Å². The van der Waals surface area contributed by atoms with Crippen LogP contribution in [0.3, 0.4) is 0 Å². The maximum Gasteiger partial charge on any atom is 0.259 e. The van der Waals surface area contributed by atoms with E-state index in [0.717, 1.165) is 5.56 Å². The number of nitrogen functional groups attached to an aromatic ring is 1. The number of rotatable bonds is 5. The second kappa shape index (κ2) is 8.40. The summed E-state index contributed by atoms with van der Waals surface area (Å²) in [5, 5.41) is 20.4. The number of morpholine rings is 1. The van der Waals surface area contributed by atoms with E-state index in [-0.39, 0.29) is 24.9 Å². The van der Waals surface area contributed by atoms with Crippen molar-refractivity contribution >= 4 is 34.9 Å². The maximum atomic E-state index is 13.0. The first-order valence-electron chi connectivity index (χ1n) is 10.0. The van der Waals surface area contributed by atoms with Crippen molar-refractivity contribution in [3.05, 3.63) is 59.2 Å². The number of hydrogen-bond acceptors (Lipinski definition) is 6. The molecule has 4 rings (SSSR count). The summed E-state index contributed by atoms with van der Waals surface area (Å²) in [5.41, 5.74) is 8.20. The molecule has 5 N–H and O–H groups in total. The summed E-state index contributed by atoms with van der Waals surface area (Å²) in [6.45, 7) is 0.873. The van der Waals surface area contributed by atoms with Crippen molar-refractivity contribution in [3.63, 3.8) is 0 Å². The number of amidine groups is 1. The molecule has 0 saturated carbocycles. The highest BCUT2D eigenvalue weighted by molar-refractivity contribution is 6.05. The predicted octanol–water partition coefficient (Wildman–Crippen LogP) is 0.288. The molecule has 0 bridgehead atoms. The molecule has 2 heterocycles. The molecule has 0 aliphatic carbocycles. The van der Waals surface area contributed by atoms with Crippen molar-refractivity contribution in [1.82, 2.24) is 4.90 Å². The summed E-state index contributed by atoms with van der Waals surface area (Å²) in [4.78, 5) is 40.8. The Labute approximate surface area is 184 Å². The molecule has 1 fully saturated rings. The van der Waals surface area contributed by atoms with Gasteiger partial charge in [0.25, 0.3) is 17.7 Å². The summed E-state index contributed by atoms with van der Waals surface area (Å²) in [7, 11) is 1.71. The minimum atomic E-state index is -1.74. The van der Waals surface area contributed by atoms with Crippen LogP contribution in [0.5, 0.6) is 0 Å². The molecule has 2 aromatic rings. The van der Waals surface area contributed by atoms with Gasteiger partial charge in [0, 0.05) is 42.6 Å². The average molecular weight is 437 g/mol. The molecule has 2 aromatic carbocycles. The van der Waals surface area contributed by atoms with E-state index in [2.05, 4.69) is 5.32 Å². The van der Waals surface area contributed by atoms with Gasteiger partial charge in [0.1, 0.15) is 5.84 Å². The van der Waals surface area contributed by atoms with Crippen LogP contribution in [0.1, 0.15) is 21.5 Å². The summed E-state index contributed by atoms with van der Waals surface area (Å²) in [5.74, 6) is -1.59. The molecule has 166 valence electrons. The lowest BCUT2D eigenvalue weighted by atomic mass is 10.1. The van der Waals surface area contributed by atoms with Gasteiger partial charge in [-0.05, 0) is 42.0 Å². The van der Waals surface area contributed by atoms with E-state index in [1.807, 2.05) is 0 Å². The zero-order chi connectivity index (χ0) is 23.0. The van der Waals surface area contributed by atoms with Crippen LogP contribution >= 0.6 is 0 Å². The summed E-state index contributed by atoms with van der Waals surface area (Å²) >= 11 is 0. The molecule has 0 aromatic heterocycles. The quantitative estimate of drug-likeness (QED) is 0.390. The zero-order valence-corrected chi connectivity index (χ0v) is 17.4. The number of amides is 3. The first-order valence-corrected chi connectivity index (χ1v) is 10.0. The number of fused-ring (bicyclic) bond motifs is 1. The molecule has 2 atom stereocenters. The number of aliphatic hydroxyl groups excluding tert-OH is 1. The maximum absolute atomic E-state index is 13.0. The first kappa shape index (κ1) is 21.5. The summed E-state index contributed by atoms with van der Waals surface area (Å²) in [6.07, 6.45) is -3.12. The number of anilines is 2. The Hall–Kier alpha value is -3.76. The third-order valence-corrected chi connectivity index (χ3v) is 5.53. The van der Waals surface area contributed by atoms with Gasteiger partial charge in [-0.15, -0.1) is 0 Å². The highest BCUT2D eigenvalue weighted by atomic mass is 16.5. The van der Waals surface area contributed by atoms with Gasteiger partial charge in [-0.1, -0.05) is 6.07 Å². The Morgan fingerprint density at radius 2 is 1.97 bits per heavy atom. The van der Waals surface area contributed by atoms with Crippen LogP contribution in [0.2, 0.25) is 0 Å². The number of carbonyl (C=O) groups excluding carboxylic acids is 3. The Kier molecular flexibility index (Phi) is 5.64. The molecule has 1 saturated heterocycles. The summed E-state index contributed by atoms with van der Waals surface area (Å²) in [6, 6.07) is 11.4. The smallest absolute Gasteiger partial charge is 0.259 e. The van der Waals surface area contributed by atoms with Crippen LogP contribution < -0.4 is 16.0 Å². The molecular formula is C22H23N5O5. The fourth-order valence-electron chi connectivity index (χ4n) is 3.78. The van der Waals surface area contributed by atoms with E-state index in [4.69, 9.17) is 15.9 Å². The first-order chi connectivity index (χ1) is 15.3. The van der Waals surface area contributed by atoms with Crippen molar-refractivity contribution in [2.75, 3.05) is 30.4 Å². The number of nitrogens with one attached hydrogen (secondary N) is 2.